The molecule has 3 aromatic carbocycles. The summed E-state index contributed by atoms with van der Waals surface area (Å²) in [4.78, 5) is 28.4. The maximum absolute atomic E-state index is 12.1. The van der Waals surface area contributed by atoms with Crippen molar-refractivity contribution >= 4 is 28.3 Å². The summed E-state index contributed by atoms with van der Waals surface area (Å²) < 4.78 is 16.1. The molecule has 7 nitrogen and oxygen atoms in total. The van der Waals surface area contributed by atoms with Crippen LogP contribution in [0.4, 0.5) is 5.13 Å². The molecule has 0 radical (unpaired) electrons. The number of nitrogens with zero attached hydrogens (tertiary/aromatic N) is 1. The first-order valence-corrected chi connectivity index (χ1v) is 11.4. The number of benzene rings is 3. The van der Waals surface area contributed by atoms with Crippen molar-refractivity contribution in [3.63, 3.8) is 0 Å². The fraction of sp³-hybridized carbons (Fsp3) is 0.115. The van der Waals surface area contributed by atoms with Crippen molar-refractivity contribution in [1.29, 1.82) is 0 Å². The molecular formula is C26H22N2O5S. The zero-order valence-corrected chi connectivity index (χ0v) is 19.0. The van der Waals surface area contributed by atoms with E-state index in [1.165, 1.54) is 11.3 Å². The number of thiazole rings is 1. The quantitative estimate of drug-likeness (QED) is 0.327. The minimum absolute atomic E-state index is 0.313. The molecule has 0 aliphatic heterocycles. The normalized spacial score (nSPS) is 10.4. The van der Waals surface area contributed by atoms with E-state index in [0.717, 1.165) is 16.8 Å². The Kier molecular flexibility index (Phi) is 7.86. The van der Waals surface area contributed by atoms with Crippen LogP contribution in [0.15, 0.2) is 90.3 Å². The Hall–Kier alpha value is -4.17. The SMILES string of the molecule is O=C(COC(=O)COc1ccc(OCc2ccccc2)cc1)Nc1nc(-c2ccccc2)cs1. The van der Waals surface area contributed by atoms with E-state index in [0.29, 0.717) is 23.2 Å². The van der Waals surface area contributed by atoms with Crippen LogP contribution in [0.2, 0.25) is 0 Å². The number of hydrogen-bond acceptors (Lipinski definition) is 7. The first-order valence-electron chi connectivity index (χ1n) is 10.5. The Morgan fingerprint density at radius 2 is 1.44 bits per heavy atom. The molecular weight excluding hydrogens is 452 g/mol. The molecule has 34 heavy (non-hydrogen) atoms. The van der Waals surface area contributed by atoms with Crippen LogP contribution in [-0.4, -0.2) is 30.1 Å². The van der Waals surface area contributed by atoms with Crippen LogP contribution in [0.1, 0.15) is 5.56 Å². The highest BCUT2D eigenvalue weighted by molar-refractivity contribution is 7.14. The molecule has 0 atom stereocenters. The topological polar surface area (TPSA) is 86.8 Å². The zero-order valence-electron chi connectivity index (χ0n) is 18.2. The van der Waals surface area contributed by atoms with E-state index in [2.05, 4.69) is 10.3 Å². The number of aromatic nitrogens is 1. The van der Waals surface area contributed by atoms with Gasteiger partial charge in [-0.25, -0.2) is 9.78 Å². The van der Waals surface area contributed by atoms with Crippen molar-refractivity contribution in [3.05, 3.63) is 95.9 Å². The average Bonchev–Trinajstić information content (AvgIpc) is 3.35. The van der Waals surface area contributed by atoms with E-state index < -0.39 is 18.5 Å². The second kappa shape index (κ2) is 11.6. The van der Waals surface area contributed by atoms with Crippen LogP contribution < -0.4 is 14.8 Å². The fourth-order valence-corrected chi connectivity index (χ4v) is 3.67. The minimum Gasteiger partial charge on any atom is -0.489 e. The minimum atomic E-state index is -0.649. The van der Waals surface area contributed by atoms with Gasteiger partial charge in [-0.05, 0) is 29.8 Å². The zero-order chi connectivity index (χ0) is 23.6. The summed E-state index contributed by atoms with van der Waals surface area (Å²) >= 11 is 1.30. The van der Waals surface area contributed by atoms with Gasteiger partial charge in [0.05, 0.1) is 5.69 Å². The molecule has 1 aromatic heterocycles. The lowest BCUT2D eigenvalue weighted by Crippen LogP contribution is -2.23. The molecule has 0 fully saturated rings. The van der Waals surface area contributed by atoms with E-state index in [1.807, 2.05) is 66.0 Å². The van der Waals surface area contributed by atoms with Crippen molar-refractivity contribution in [1.82, 2.24) is 4.98 Å². The van der Waals surface area contributed by atoms with Crippen LogP contribution >= 0.6 is 11.3 Å². The lowest BCUT2D eigenvalue weighted by Gasteiger charge is -2.09. The van der Waals surface area contributed by atoms with Crippen LogP contribution in [-0.2, 0) is 20.9 Å². The molecule has 0 aliphatic carbocycles. The van der Waals surface area contributed by atoms with E-state index in [-0.39, 0.29) is 6.61 Å². The molecule has 4 aromatic rings. The third-order valence-electron chi connectivity index (χ3n) is 4.61. The Bertz CT molecular complexity index is 1210. The summed E-state index contributed by atoms with van der Waals surface area (Å²) in [7, 11) is 0. The summed E-state index contributed by atoms with van der Waals surface area (Å²) in [5, 5.41) is 4.91. The summed E-state index contributed by atoms with van der Waals surface area (Å²) in [5.74, 6) is 0.0589. The number of rotatable bonds is 10. The third kappa shape index (κ3) is 6.91. The summed E-state index contributed by atoms with van der Waals surface area (Å²) in [6.45, 7) is -0.272. The number of carbonyl (C=O) groups excluding carboxylic acids is 2. The van der Waals surface area contributed by atoms with Gasteiger partial charge in [-0.1, -0.05) is 60.7 Å². The second-order valence-electron chi connectivity index (χ2n) is 7.15. The largest absolute Gasteiger partial charge is 0.489 e. The van der Waals surface area contributed by atoms with E-state index >= 15 is 0 Å². The van der Waals surface area contributed by atoms with Crippen molar-refractivity contribution in [2.24, 2.45) is 0 Å². The van der Waals surface area contributed by atoms with Crippen LogP contribution in [0.3, 0.4) is 0 Å². The molecule has 0 aliphatic rings. The van der Waals surface area contributed by atoms with Crippen molar-refractivity contribution in [2.75, 3.05) is 18.5 Å². The van der Waals surface area contributed by atoms with E-state index in [1.54, 1.807) is 24.3 Å². The highest BCUT2D eigenvalue weighted by Gasteiger charge is 2.11. The lowest BCUT2D eigenvalue weighted by atomic mass is 10.2. The van der Waals surface area contributed by atoms with Crippen molar-refractivity contribution in [3.8, 4) is 22.8 Å². The number of amides is 1. The Morgan fingerprint density at radius 3 is 2.15 bits per heavy atom. The van der Waals surface area contributed by atoms with Gasteiger partial charge in [0.15, 0.2) is 18.3 Å². The number of esters is 1. The Labute approximate surface area is 201 Å². The highest BCUT2D eigenvalue weighted by Crippen LogP contribution is 2.24. The van der Waals surface area contributed by atoms with Gasteiger partial charge in [-0.2, -0.15) is 0 Å². The first-order chi connectivity index (χ1) is 16.7. The molecule has 172 valence electrons. The van der Waals surface area contributed by atoms with Gasteiger partial charge >= 0.3 is 5.97 Å². The Morgan fingerprint density at radius 1 is 0.794 bits per heavy atom. The molecule has 4 rings (SSSR count). The Balaban J connectivity index is 1.16. The van der Waals surface area contributed by atoms with Gasteiger partial charge in [0.1, 0.15) is 18.1 Å². The number of ether oxygens (including phenoxy) is 3. The van der Waals surface area contributed by atoms with Gasteiger partial charge in [-0.15, -0.1) is 11.3 Å². The number of carbonyl (C=O) groups is 2. The fourth-order valence-electron chi connectivity index (χ4n) is 2.93. The van der Waals surface area contributed by atoms with Crippen LogP contribution in [0.5, 0.6) is 11.5 Å². The molecule has 0 unspecified atom stereocenters. The second-order valence-corrected chi connectivity index (χ2v) is 8.01. The van der Waals surface area contributed by atoms with Crippen molar-refractivity contribution < 1.29 is 23.8 Å². The molecule has 1 amide bonds. The summed E-state index contributed by atoms with van der Waals surface area (Å²) in [6.07, 6.45) is 0. The molecule has 0 bridgehead atoms. The van der Waals surface area contributed by atoms with Crippen LogP contribution in [0.25, 0.3) is 11.3 Å². The lowest BCUT2D eigenvalue weighted by molar-refractivity contribution is -0.149. The smallest absolute Gasteiger partial charge is 0.344 e. The van der Waals surface area contributed by atoms with Gasteiger partial charge in [-0.3, -0.25) is 10.1 Å². The predicted molar refractivity (Wildman–Crippen MR) is 130 cm³/mol. The number of nitrogens with one attached hydrogen (secondary N) is 1. The number of hydrogen-bond donors (Lipinski definition) is 1. The standard InChI is InChI=1S/C26H22N2O5S/c29-24(28-26-27-23(18-34-26)20-9-5-2-6-10-20)16-33-25(30)17-32-22-13-11-21(12-14-22)31-15-19-7-3-1-4-8-19/h1-14,18H,15-17H2,(H,27,28,29). The maximum atomic E-state index is 12.1. The van der Waals surface area contributed by atoms with E-state index in [9.17, 15) is 9.59 Å². The summed E-state index contributed by atoms with van der Waals surface area (Å²) in [5.41, 5.74) is 2.79. The van der Waals surface area contributed by atoms with Gasteiger partial charge in [0, 0.05) is 10.9 Å². The van der Waals surface area contributed by atoms with Gasteiger partial charge in [0.2, 0.25) is 0 Å². The van der Waals surface area contributed by atoms with Gasteiger partial charge in [0.25, 0.3) is 5.91 Å². The van der Waals surface area contributed by atoms with E-state index in [4.69, 9.17) is 14.2 Å². The predicted octanol–water partition coefficient (Wildman–Crippen LogP) is 4.95. The summed E-state index contributed by atoms with van der Waals surface area (Å²) in [6, 6.07) is 26.4. The monoisotopic (exact) mass is 474 g/mol. The molecule has 0 saturated carbocycles. The van der Waals surface area contributed by atoms with Crippen LogP contribution in [0, 0.1) is 0 Å². The molecule has 0 spiro atoms. The molecule has 1 N–H and O–H groups in total. The molecule has 1 heterocycles. The van der Waals surface area contributed by atoms with Crippen molar-refractivity contribution in [2.45, 2.75) is 6.61 Å². The van der Waals surface area contributed by atoms with Gasteiger partial charge < -0.3 is 14.2 Å². The molecule has 8 heteroatoms. The average molecular weight is 475 g/mol. The number of anilines is 1. The third-order valence-corrected chi connectivity index (χ3v) is 5.37. The first kappa shape index (κ1) is 23.0. The molecule has 0 saturated heterocycles. The maximum Gasteiger partial charge on any atom is 0.344 e. The highest BCUT2D eigenvalue weighted by atomic mass is 32.1.